The van der Waals surface area contributed by atoms with Crippen molar-refractivity contribution in [1.82, 2.24) is 5.32 Å². The standard InChI is InChI=1S/C22H31N3O3S2/c1-17(2)15-20(21-7-6-14-29-21)23-22(26)16-30(27,28)24-18-8-10-19(11-9-18)25-12-4-3-5-13-25/h6-11,14,17,20,24H,3-5,12-13,15-16H2,1-2H3,(H,23,26). The molecule has 1 saturated heterocycles. The lowest BCUT2D eigenvalue weighted by Crippen LogP contribution is -2.35. The molecule has 0 bridgehead atoms. The Kier molecular flexibility index (Phi) is 7.77. The molecule has 1 aromatic heterocycles. The van der Waals surface area contributed by atoms with Gasteiger partial charge in [-0.3, -0.25) is 9.52 Å². The Bertz CT molecular complexity index is 904. The average molecular weight is 450 g/mol. The summed E-state index contributed by atoms with van der Waals surface area (Å²) in [7, 11) is -3.79. The van der Waals surface area contributed by atoms with E-state index in [1.165, 1.54) is 19.3 Å². The third kappa shape index (κ3) is 6.74. The molecule has 2 aromatic rings. The van der Waals surface area contributed by atoms with Crippen LogP contribution in [0, 0.1) is 5.92 Å². The number of carbonyl (C=O) groups excluding carboxylic acids is 1. The van der Waals surface area contributed by atoms with Crippen molar-refractivity contribution in [3.8, 4) is 0 Å². The Morgan fingerprint density at radius 3 is 2.40 bits per heavy atom. The molecule has 2 heterocycles. The summed E-state index contributed by atoms with van der Waals surface area (Å²) < 4.78 is 27.5. The molecule has 0 spiro atoms. The second-order valence-corrected chi connectivity index (χ2v) is 10.9. The van der Waals surface area contributed by atoms with Crippen LogP contribution < -0.4 is 14.9 Å². The molecule has 6 nitrogen and oxygen atoms in total. The van der Waals surface area contributed by atoms with Gasteiger partial charge in [-0.25, -0.2) is 8.42 Å². The predicted molar refractivity (Wildman–Crippen MR) is 125 cm³/mol. The lowest BCUT2D eigenvalue weighted by molar-refractivity contribution is -0.119. The minimum atomic E-state index is -3.79. The van der Waals surface area contributed by atoms with Crippen molar-refractivity contribution in [2.24, 2.45) is 5.92 Å². The number of thiophene rings is 1. The number of benzene rings is 1. The molecule has 2 N–H and O–H groups in total. The van der Waals surface area contributed by atoms with Gasteiger partial charge in [-0.15, -0.1) is 11.3 Å². The fraction of sp³-hybridized carbons (Fsp3) is 0.500. The Balaban J connectivity index is 1.57. The minimum Gasteiger partial charge on any atom is -0.372 e. The molecule has 1 aromatic carbocycles. The van der Waals surface area contributed by atoms with E-state index in [1.807, 2.05) is 29.6 Å². The van der Waals surface area contributed by atoms with Crippen LogP contribution in [0.25, 0.3) is 0 Å². The Morgan fingerprint density at radius 2 is 1.80 bits per heavy atom. The van der Waals surface area contributed by atoms with E-state index in [-0.39, 0.29) is 6.04 Å². The normalized spacial score (nSPS) is 15.8. The van der Waals surface area contributed by atoms with Gasteiger partial charge in [0, 0.05) is 29.3 Å². The van der Waals surface area contributed by atoms with Crippen molar-refractivity contribution >= 4 is 38.6 Å². The number of amides is 1. The van der Waals surface area contributed by atoms with E-state index in [1.54, 1.807) is 23.5 Å². The zero-order valence-corrected chi connectivity index (χ0v) is 19.3. The summed E-state index contributed by atoms with van der Waals surface area (Å²) in [5.74, 6) is -0.710. The predicted octanol–water partition coefficient (Wildman–Crippen LogP) is 4.38. The lowest BCUT2D eigenvalue weighted by atomic mass is 10.0. The summed E-state index contributed by atoms with van der Waals surface area (Å²) in [5.41, 5.74) is 1.57. The highest BCUT2D eigenvalue weighted by atomic mass is 32.2. The maximum Gasteiger partial charge on any atom is 0.241 e. The van der Waals surface area contributed by atoms with Gasteiger partial charge in [0.25, 0.3) is 0 Å². The molecule has 1 atom stereocenters. The van der Waals surface area contributed by atoms with E-state index in [4.69, 9.17) is 0 Å². The van der Waals surface area contributed by atoms with E-state index >= 15 is 0 Å². The van der Waals surface area contributed by atoms with Crippen LogP contribution in [0.4, 0.5) is 11.4 Å². The first-order valence-corrected chi connectivity index (χ1v) is 13.0. The Labute approximate surface area is 183 Å². The fourth-order valence-electron chi connectivity index (χ4n) is 3.72. The van der Waals surface area contributed by atoms with Crippen LogP contribution in [0.1, 0.15) is 50.4 Å². The number of rotatable bonds is 9. The highest BCUT2D eigenvalue weighted by Crippen LogP contribution is 2.25. The van der Waals surface area contributed by atoms with Crippen molar-refractivity contribution in [1.29, 1.82) is 0 Å². The SMILES string of the molecule is CC(C)CC(NC(=O)CS(=O)(=O)Nc1ccc(N2CCCCC2)cc1)c1cccs1. The van der Waals surface area contributed by atoms with Crippen LogP contribution in [0.15, 0.2) is 41.8 Å². The number of hydrogen-bond donors (Lipinski definition) is 2. The zero-order valence-electron chi connectivity index (χ0n) is 17.6. The second kappa shape index (κ2) is 10.3. The number of hydrogen-bond acceptors (Lipinski definition) is 5. The maximum atomic E-state index is 12.5. The molecule has 1 unspecified atom stereocenters. The third-order valence-electron chi connectivity index (χ3n) is 5.11. The molecule has 1 amide bonds. The van der Waals surface area contributed by atoms with Crippen LogP contribution >= 0.6 is 11.3 Å². The smallest absolute Gasteiger partial charge is 0.241 e. The number of nitrogens with one attached hydrogen (secondary N) is 2. The topological polar surface area (TPSA) is 78.5 Å². The summed E-state index contributed by atoms with van der Waals surface area (Å²) in [4.78, 5) is 15.8. The number of nitrogens with zero attached hydrogens (tertiary/aromatic N) is 1. The van der Waals surface area contributed by atoms with E-state index in [0.29, 0.717) is 11.6 Å². The Hall–Kier alpha value is -2.06. The number of piperidine rings is 1. The zero-order chi connectivity index (χ0) is 21.6. The largest absolute Gasteiger partial charge is 0.372 e. The van der Waals surface area contributed by atoms with Crippen molar-refractivity contribution in [3.05, 3.63) is 46.7 Å². The summed E-state index contributed by atoms with van der Waals surface area (Å²) in [5, 5.41) is 4.85. The summed E-state index contributed by atoms with van der Waals surface area (Å²) >= 11 is 1.56. The first-order chi connectivity index (χ1) is 14.3. The summed E-state index contributed by atoms with van der Waals surface area (Å²) in [6.07, 6.45) is 4.40. The molecule has 1 aliphatic rings. The van der Waals surface area contributed by atoms with E-state index in [9.17, 15) is 13.2 Å². The average Bonchev–Trinajstić information content (AvgIpc) is 3.22. The van der Waals surface area contributed by atoms with Gasteiger partial charge < -0.3 is 10.2 Å². The van der Waals surface area contributed by atoms with Crippen LogP contribution in [0.5, 0.6) is 0 Å². The fourth-order valence-corrected chi connectivity index (χ4v) is 5.51. The molecule has 0 radical (unpaired) electrons. The van der Waals surface area contributed by atoms with Crippen molar-refractivity contribution in [2.45, 2.75) is 45.6 Å². The molecule has 3 rings (SSSR count). The molecule has 1 fully saturated rings. The summed E-state index contributed by atoms with van der Waals surface area (Å²) in [6, 6.07) is 11.1. The molecule has 30 heavy (non-hydrogen) atoms. The van der Waals surface area contributed by atoms with Crippen molar-refractivity contribution < 1.29 is 13.2 Å². The van der Waals surface area contributed by atoms with Gasteiger partial charge in [0.1, 0.15) is 5.75 Å². The molecule has 1 aliphatic heterocycles. The van der Waals surface area contributed by atoms with E-state index in [2.05, 4.69) is 28.8 Å². The van der Waals surface area contributed by atoms with Crippen LogP contribution in [-0.4, -0.2) is 33.2 Å². The van der Waals surface area contributed by atoms with Crippen LogP contribution in [0.2, 0.25) is 0 Å². The second-order valence-electron chi connectivity index (χ2n) is 8.22. The van der Waals surface area contributed by atoms with Gasteiger partial charge in [-0.1, -0.05) is 19.9 Å². The van der Waals surface area contributed by atoms with Crippen LogP contribution in [0.3, 0.4) is 0 Å². The molecule has 8 heteroatoms. The number of carbonyl (C=O) groups is 1. The van der Waals surface area contributed by atoms with E-state index < -0.39 is 21.7 Å². The highest BCUT2D eigenvalue weighted by molar-refractivity contribution is 7.93. The van der Waals surface area contributed by atoms with Gasteiger partial charge in [-0.05, 0) is 67.3 Å². The highest BCUT2D eigenvalue weighted by Gasteiger charge is 2.22. The summed E-state index contributed by atoms with van der Waals surface area (Å²) in [6.45, 7) is 6.23. The van der Waals surface area contributed by atoms with Gasteiger partial charge in [0.15, 0.2) is 0 Å². The number of sulfonamides is 1. The molecule has 164 valence electrons. The van der Waals surface area contributed by atoms with Crippen LogP contribution in [-0.2, 0) is 14.8 Å². The molecular weight excluding hydrogens is 418 g/mol. The van der Waals surface area contributed by atoms with E-state index in [0.717, 1.165) is 30.1 Å². The molecular formula is C22H31N3O3S2. The minimum absolute atomic E-state index is 0.170. The third-order valence-corrected chi connectivity index (χ3v) is 7.29. The van der Waals surface area contributed by atoms with Crippen molar-refractivity contribution in [2.75, 3.05) is 28.5 Å². The Morgan fingerprint density at radius 1 is 1.10 bits per heavy atom. The number of anilines is 2. The maximum absolute atomic E-state index is 12.5. The first kappa shape index (κ1) is 22.6. The molecule has 0 aliphatic carbocycles. The van der Waals surface area contributed by atoms with Crippen molar-refractivity contribution in [3.63, 3.8) is 0 Å². The van der Waals surface area contributed by atoms with Gasteiger partial charge in [0.05, 0.1) is 6.04 Å². The lowest BCUT2D eigenvalue weighted by Gasteiger charge is -2.28. The van der Waals surface area contributed by atoms with Gasteiger partial charge in [0.2, 0.25) is 15.9 Å². The van der Waals surface area contributed by atoms with Gasteiger partial charge in [-0.2, -0.15) is 0 Å². The quantitative estimate of drug-likeness (QED) is 0.595. The molecule has 0 saturated carbocycles. The first-order valence-electron chi connectivity index (χ1n) is 10.5. The van der Waals surface area contributed by atoms with Gasteiger partial charge >= 0.3 is 0 Å². The monoisotopic (exact) mass is 449 g/mol.